The molecule has 0 bridgehead atoms. The summed E-state index contributed by atoms with van der Waals surface area (Å²) in [5.74, 6) is 1.20. The fourth-order valence-electron chi connectivity index (χ4n) is 1.19. The van der Waals surface area contributed by atoms with Crippen LogP contribution in [0.5, 0.6) is 0 Å². The van der Waals surface area contributed by atoms with E-state index in [9.17, 15) is 0 Å². The molecule has 0 aliphatic rings. The molecule has 1 unspecified atom stereocenters. The highest BCUT2D eigenvalue weighted by Gasteiger charge is 2.01. The van der Waals surface area contributed by atoms with E-state index in [1.165, 1.54) is 6.33 Å². The zero-order chi connectivity index (χ0) is 11.1. The van der Waals surface area contributed by atoms with E-state index in [1.54, 1.807) is 6.20 Å². The molecule has 1 aromatic heterocycles. The van der Waals surface area contributed by atoms with Crippen LogP contribution in [0, 0.1) is 5.92 Å². The van der Waals surface area contributed by atoms with E-state index in [0.717, 1.165) is 29.7 Å². The second-order valence-electron chi connectivity index (χ2n) is 3.58. The number of rotatable bonds is 6. The summed E-state index contributed by atoms with van der Waals surface area (Å²) in [6, 6.07) is 0. The van der Waals surface area contributed by atoms with E-state index in [1.807, 2.05) is 6.92 Å². The number of aromatic nitrogens is 2. The van der Waals surface area contributed by atoms with Crippen LogP contribution in [-0.2, 0) is 0 Å². The normalized spacial score (nSPS) is 12.5. The molecular formula is C10H16BrN3O. The van der Waals surface area contributed by atoms with E-state index in [2.05, 4.69) is 31.2 Å². The Morgan fingerprint density at radius 1 is 1.60 bits per heavy atom. The summed E-state index contributed by atoms with van der Waals surface area (Å²) in [6.07, 6.45) is 5.28. The smallest absolute Gasteiger partial charge is 0.143 e. The minimum atomic E-state index is 0.261. The van der Waals surface area contributed by atoms with Gasteiger partial charge in [0, 0.05) is 19.3 Å². The number of nitrogens with zero attached hydrogens (tertiary/aromatic N) is 2. The first-order valence-electron chi connectivity index (χ1n) is 5.04. The van der Waals surface area contributed by atoms with Crippen LogP contribution in [-0.4, -0.2) is 28.2 Å². The lowest BCUT2D eigenvalue weighted by molar-refractivity contribution is 0.229. The highest BCUT2D eigenvalue weighted by molar-refractivity contribution is 9.10. The van der Waals surface area contributed by atoms with E-state index in [-0.39, 0.29) is 6.61 Å². The Morgan fingerprint density at radius 2 is 2.40 bits per heavy atom. The Kier molecular flexibility index (Phi) is 5.57. The maximum atomic E-state index is 8.85. The van der Waals surface area contributed by atoms with Gasteiger partial charge >= 0.3 is 0 Å². The van der Waals surface area contributed by atoms with Crippen molar-refractivity contribution in [1.82, 2.24) is 9.97 Å². The van der Waals surface area contributed by atoms with E-state index >= 15 is 0 Å². The van der Waals surface area contributed by atoms with Crippen molar-refractivity contribution in [2.75, 3.05) is 18.5 Å². The average Bonchev–Trinajstić information content (AvgIpc) is 2.26. The molecule has 0 saturated heterocycles. The zero-order valence-electron chi connectivity index (χ0n) is 8.78. The van der Waals surface area contributed by atoms with Crippen molar-refractivity contribution in [3.63, 3.8) is 0 Å². The van der Waals surface area contributed by atoms with Gasteiger partial charge in [0.15, 0.2) is 0 Å². The Balaban J connectivity index is 2.23. The third-order valence-corrected chi connectivity index (χ3v) is 2.73. The third-order valence-electron chi connectivity index (χ3n) is 2.15. The molecule has 0 saturated carbocycles. The summed E-state index contributed by atoms with van der Waals surface area (Å²) in [4.78, 5) is 7.98. The first-order chi connectivity index (χ1) is 7.24. The van der Waals surface area contributed by atoms with Crippen molar-refractivity contribution in [3.8, 4) is 0 Å². The van der Waals surface area contributed by atoms with Gasteiger partial charge in [0.1, 0.15) is 12.1 Å². The van der Waals surface area contributed by atoms with Crippen LogP contribution in [0.3, 0.4) is 0 Å². The van der Waals surface area contributed by atoms with Crippen LogP contribution in [0.2, 0.25) is 0 Å². The van der Waals surface area contributed by atoms with Crippen LogP contribution in [0.25, 0.3) is 0 Å². The number of hydrogen-bond donors (Lipinski definition) is 2. The van der Waals surface area contributed by atoms with Crippen molar-refractivity contribution in [2.45, 2.75) is 19.8 Å². The van der Waals surface area contributed by atoms with Gasteiger partial charge in [-0.25, -0.2) is 9.97 Å². The second-order valence-corrected chi connectivity index (χ2v) is 4.43. The van der Waals surface area contributed by atoms with Gasteiger partial charge in [0.2, 0.25) is 0 Å². The molecule has 5 heteroatoms. The summed E-state index contributed by atoms with van der Waals surface area (Å²) < 4.78 is 0.875. The third kappa shape index (κ3) is 4.57. The number of anilines is 1. The average molecular weight is 274 g/mol. The summed E-state index contributed by atoms with van der Waals surface area (Å²) in [7, 11) is 0. The highest BCUT2D eigenvalue weighted by Crippen LogP contribution is 2.17. The molecule has 84 valence electrons. The minimum Gasteiger partial charge on any atom is -0.396 e. The Morgan fingerprint density at radius 3 is 3.07 bits per heavy atom. The summed E-state index contributed by atoms with van der Waals surface area (Å²) in [5, 5.41) is 12.1. The van der Waals surface area contributed by atoms with Crippen LogP contribution in [0.4, 0.5) is 5.82 Å². The molecule has 1 heterocycles. The Labute approximate surface area is 98.3 Å². The molecular weight excluding hydrogens is 258 g/mol. The molecule has 0 amide bonds. The lowest BCUT2D eigenvalue weighted by Gasteiger charge is -2.09. The predicted molar refractivity (Wildman–Crippen MR) is 63.7 cm³/mol. The van der Waals surface area contributed by atoms with Crippen molar-refractivity contribution >= 4 is 21.7 Å². The highest BCUT2D eigenvalue weighted by atomic mass is 79.9. The Hall–Kier alpha value is -0.680. The van der Waals surface area contributed by atoms with Crippen LogP contribution >= 0.6 is 15.9 Å². The fraction of sp³-hybridized carbons (Fsp3) is 0.600. The largest absolute Gasteiger partial charge is 0.396 e. The molecule has 0 aliphatic carbocycles. The molecule has 0 fully saturated rings. The Bertz CT molecular complexity index is 296. The standard InChI is InChI=1S/C10H16BrN3O/c1-8(6-15)3-2-4-13-10-9(11)5-12-7-14-10/h5,7-8,15H,2-4,6H2,1H3,(H,12,13,14). The van der Waals surface area contributed by atoms with Crippen LogP contribution in [0.1, 0.15) is 19.8 Å². The molecule has 0 aromatic carbocycles. The van der Waals surface area contributed by atoms with Crippen LogP contribution in [0.15, 0.2) is 17.0 Å². The lowest BCUT2D eigenvalue weighted by Crippen LogP contribution is -2.07. The van der Waals surface area contributed by atoms with E-state index in [4.69, 9.17) is 5.11 Å². The molecule has 0 radical (unpaired) electrons. The molecule has 2 N–H and O–H groups in total. The van der Waals surface area contributed by atoms with E-state index < -0.39 is 0 Å². The number of aliphatic hydroxyl groups is 1. The van der Waals surface area contributed by atoms with Gasteiger partial charge in [-0.2, -0.15) is 0 Å². The predicted octanol–water partition coefficient (Wildman–Crippen LogP) is 2.06. The first kappa shape index (κ1) is 12.4. The van der Waals surface area contributed by atoms with Gasteiger partial charge in [-0.15, -0.1) is 0 Å². The van der Waals surface area contributed by atoms with Gasteiger partial charge in [-0.1, -0.05) is 6.92 Å². The van der Waals surface area contributed by atoms with Gasteiger partial charge < -0.3 is 10.4 Å². The lowest BCUT2D eigenvalue weighted by atomic mass is 10.1. The number of hydrogen-bond acceptors (Lipinski definition) is 4. The summed E-state index contributed by atoms with van der Waals surface area (Å²) in [5.41, 5.74) is 0. The van der Waals surface area contributed by atoms with Gasteiger partial charge in [0.05, 0.1) is 4.47 Å². The number of aliphatic hydroxyl groups excluding tert-OH is 1. The minimum absolute atomic E-state index is 0.261. The molecule has 1 rings (SSSR count). The van der Waals surface area contributed by atoms with Crippen molar-refractivity contribution in [1.29, 1.82) is 0 Å². The van der Waals surface area contributed by atoms with Crippen LogP contribution < -0.4 is 5.32 Å². The number of nitrogens with one attached hydrogen (secondary N) is 1. The van der Waals surface area contributed by atoms with Crippen molar-refractivity contribution in [2.24, 2.45) is 5.92 Å². The molecule has 15 heavy (non-hydrogen) atoms. The van der Waals surface area contributed by atoms with Gasteiger partial charge in [0.25, 0.3) is 0 Å². The second kappa shape index (κ2) is 6.74. The van der Waals surface area contributed by atoms with Gasteiger partial charge in [-0.3, -0.25) is 0 Å². The summed E-state index contributed by atoms with van der Waals surface area (Å²) in [6.45, 7) is 3.16. The topological polar surface area (TPSA) is 58.0 Å². The molecule has 0 spiro atoms. The SMILES string of the molecule is CC(CO)CCCNc1ncncc1Br. The number of halogens is 1. The van der Waals surface area contributed by atoms with E-state index in [0.29, 0.717) is 5.92 Å². The maximum absolute atomic E-state index is 8.85. The molecule has 0 aliphatic heterocycles. The molecule has 4 nitrogen and oxygen atoms in total. The monoisotopic (exact) mass is 273 g/mol. The van der Waals surface area contributed by atoms with Crippen molar-refractivity contribution < 1.29 is 5.11 Å². The van der Waals surface area contributed by atoms with Gasteiger partial charge in [-0.05, 0) is 34.7 Å². The molecule has 1 atom stereocenters. The maximum Gasteiger partial charge on any atom is 0.143 e. The fourth-order valence-corrected chi connectivity index (χ4v) is 1.55. The zero-order valence-corrected chi connectivity index (χ0v) is 10.4. The quantitative estimate of drug-likeness (QED) is 0.779. The molecule has 1 aromatic rings. The van der Waals surface area contributed by atoms with Crippen molar-refractivity contribution in [3.05, 3.63) is 17.0 Å². The summed E-state index contributed by atoms with van der Waals surface area (Å²) >= 11 is 3.36. The first-order valence-corrected chi connectivity index (χ1v) is 5.83.